The molecule has 2 rings (SSSR count). The molecule has 1 N–H and O–H groups in total. The Morgan fingerprint density at radius 3 is 2.52 bits per heavy atom. The van der Waals surface area contributed by atoms with Gasteiger partial charge in [-0.25, -0.2) is 0 Å². The van der Waals surface area contributed by atoms with Gasteiger partial charge in [-0.2, -0.15) is 0 Å². The monoisotopic (exact) mass is 332 g/mol. The summed E-state index contributed by atoms with van der Waals surface area (Å²) in [6.45, 7) is 6.43. The van der Waals surface area contributed by atoms with E-state index < -0.39 is 0 Å². The molecule has 6 heteroatoms. The van der Waals surface area contributed by atoms with E-state index in [-0.39, 0.29) is 12.4 Å². The number of methoxy groups -OCH3 is 2. The summed E-state index contributed by atoms with van der Waals surface area (Å²) in [6.07, 6.45) is 2.10. The van der Waals surface area contributed by atoms with Crippen molar-refractivity contribution in [3.05, 3.63) is 17.7 Å². The molecule has 0 aliphatic carbocycles. The zero-order chi connectivity index (χ0) is 14.5. The molecular weight excluding hydrogens is 308 g/mol. The number of piperazine rings is 1. The molecule has 1 heterocycles. The molecule has 1 aliphatic heterocycles. The summed E-state index contributed by atoms with van der Waals surface area (Å²) in [7, 11) is 3.37. The SMILES string of the molecule is COc1cc(CN2CCN[C@H](C)C2)c(SC)cc1OC.Cl. The lowest BCUT2D eigenvalue weighted by Gasteiger charge is -2.32. The van der Waals surface area contributed by atoms with Crippen molar-refractivity contribution in [2.24, 2.45) is 0 Å². The number of thioether (sulfide) groups is 1. The second-order valence-electron chi connectivity index (χ2n) is 5.11. The van der Waals surface area contributed by atoms with Gasteiger partial charge in [0.15, 0.2) is 11.5 Å². The van der Waals surface area contributed by atoms with Crippen molar-refractivity contribution in [3.63, 3.8) is 0 Å². The fraction of sp³-hybridized carbons (Fsp3) is 0.600. The molecule has 0 amide bonds. The van der Waals surface area contributed by atoms with Crippen molar-refractivity contribution in [1.82, 2.24) is 10.2 Å². The van der Waals surface area contributed by atoms with Gasteiger partial charge in [0.2, 0.25) is 0 Å². The van der Waals surface area contributed by atoms with Crippen LogP contribution in [0.1, 0.15) is 12.5 Å². The molecule has 1 atom stereocenters. The van der Waals surface area contributed by atoms with E-state index in [0.717, 1.165) is 37.7 Å². The number of hydrogen-bond donors (Lipinski definition) is 1. The van der Waals surface area contributed by atoms with Gasteiger partial charge in [-0.1, -0.05) is 0 Å². The lowest BCUT2D eigenvalue weighted by Crippen LogP contribution is -2.48. The molecule has 0 radical (unpaired) electrons. The summed E-state index contributed by atoms with van der Waals surface area (Å²) in [5.74, 6) is 1.61. The highest BCUT2D eigenvalue weighted by Gasteiger charge is 2.18. The van der Waals surface area contributed by atoms with E-state index >= 15 is 0 Å². The van der Waals surface area contributed by atoms with Crippen LogP contribution in [0.3, 0.4) is 0 Å². The molecule has 1 aliphatic rings. The maximum atomic E-state index is 5.42. The highest BCUT2D eigenvalue weighted by molar-refractivity contribution is 7.98. The third-order valence-electron chi connectivity index (χ3n) is 3.63. The van der Waals surface area contributed by atoms with Crippen molar-refractivity contribution in [1.29, 1.82) is 0 Å². The average molecular weight is 333 g/mol. The van der Waals surface area contributed by atoms with Gasteiger partial charge in [0.25, 0.3) is 0 Å². The van der Waals surface area contributed by atoms with Gasteiger partial charge in [0.05, 0.1) is 14.2 Å². The molecule has 1 saturated heterocycles. The van der Waals surface area contributed by atoms with Crippen molar-refractivity contribution in [2.45, 2.75) is 24.4 Å². The number of hydrogen-bond acceptors (Lipinski definition) is 5. The molecule has 0 spiro atoms. The van der Waals surface area contributed by atoms with Gasteiger partial charge in [-0.3, -0.25) is 4.90 Å². The molecule has 1 aromatic carbocycles. The molecule has 0 saturated carbocycles. The molecule has 1 aromatic rings. The Labute approximate surface area is 138 Å². The number of nitrogens with zero attached hydrogens (tertiary/aromatic N) is 1. The third kappa shape index (κ3) is 4.68. The smallest absolute Gasteiger partial charge is 0.161 e. The third-order valence-corrected chi connectivity index (χ3v) is 4.45. The minimum Gasteiger partial charge on any atom is -0.493 e. The quantitative estimate of drug-likeness (QED) is 0.838. The van der Waals surface area contributed by atoms with Crippen LogP contribution in [0.2, 0.25) is 0 Å². The summed E-state index contributed by atoms with van der Waals surface area (Å²) >= 11 is 1.76. The predicted molar refractivity (Wildman–Crippen MR) is 91.3 cm³/mol. The van der Waals surface area contributed by atoms with E-state index in [1.165, 1.54) is 10.5 Å². The predicted octanol–water partition coefficient (Wildman–Crippen LogP) is 2.64. The number of ether oxygens (including phenoxy) is 2. The van der Waals surface area contributed by atoms with Gasteiger partial charge >= 0.3 is 0 Å². The molecule has 0 bridgehead atoms. The highest BCUT2D eigenvalue weighted by Crippen LogP contribution is 2.35. The Balaban J connectivity index is 0.00000220. The van der Waals surface area contributed by atoms with Crippen LogP contribution in [0.4, 0.5) is 0 Å². The van der Waals surface area contributed by atoms with Crippen LogP contribution in [0.5, 0.6) is 11.5 Å². The van der Waals surface area contributed by atoms with Gasteiger partial charge in [0, 0.05) is 37.1 Å². The van der Waals surface area contributed by atoms with Crippen LogP contribution in [-0.4, -0.2) is 51.1 Å². The molecular formula is C15H25ClN2O2S. The van der Waals surface area contributed by atoms with Gasteiger partial charge in [-0.05, 0) is 30.9 Å². The van der Waals surface area contributed by atoms with E-state index in [9.17, 15) is 0 Å². The van der Waals surface area contributed by atoms with E-state index in [2.05, 4.69) is 35.5 Å². The van der Waals surface area contributed by atoms with E-state index in [4.69, 9.17) is 9.47 Å². The topological polar surface area (TPSA) is 33.7 Å². The number of rotatable bonds is 5. The second-order valence-corrected chi connectivity index (χ2v) is 5.96. The Hall–Kier alpha value is -0.620. The van der Waals surface area contributed by atoms with Crippen LogP contribution in [0.25, 0.3) is 0 Å². The van der Waals surface area contributed by atoms with Crippen LogP contribution < -0.4 is 14.8 Å². The van der Waals surface area contributed by atoms with Crippen molar-refractivity contribution < 1.29 is 9.47 Å². The zero-order valence-electron chi connectivity index (χ0n) is 13.1. The first-order valence-corrected chi connectivity index (χ1v) is 8.15. The van der Waals surface area contributed by atoms with Crippen LogP contribution >= 0.6 is 24.2 Å². The molecule has 21 heavy (non-hydrogen) atoms. The van der Waals surface area contributed by atoms with Gasteiger partial charge < -0.3 is 14.8 Å². The summed E-state index contributed by atoms with van der Waals surface area (Å²) in [6, 6.07) is 4.74. The Bertz CT molecular complexity index is 460. The number of halogens is 1. The maximum Gasteiger partial charge on any atom is 0.161 e. The van der Waals surface area contributed by atoms with Crippen molar-refractivity contribution >= 4 is 24.2 Å². The van der Waals surface area contributed by atoms with Gasteiger partial charge in [-0.15, -0.1) is 24.2 Å². The van der Waals surface area contributed by atoms with E-state index in [1.807, 2.05) is 0 Å². The number of nitrogens with one attached hydrogen (secondary N) is 1. The largest absolute Gasteiger partial charge is 0.493 e. The zero-order valence-corrected chi connectivity index (χ0v) is 14.8. The Morgan fingerprint density at radius 1 is 1.29 bits per heavy atom. The van der Waals surface area contributed by atoms with Crippen molar-refractivity contribution in [3.8, 4) is 11.5 Å². The lowest BCUT2D eigenvalue weighted by atomic mass is 10.1. The fourth-order valence-electron chi connectivity index (χ4n) is 2.61. The maximum absolute atomic E-state index is 5.42. The summed E-state index contributed by atoms with van der Waals surface area (Å²) in [5.41, 5.74) is 1.31. The van der Waals surface area contributed by atoms with E-state index in [0.29, 0.717) is 6.04 Å². The average Bonchev–Trinajstić information content (AvgIpc) is 2.46. The molecule has 0 aromatic heterocycles. The fourth-order valence-corrected chi connectivity index (χ4v) is 3.22. The Kier molecular flexibility index (Phi) is 7.66. The molecule has 4 nitrogen and oxygen atoms in total. The van der Waals surface area contributed by atoms with Crippen LogP contribution in [0, 0.1) is 0 Å². The van der Waals surface area contributed by atoms with Crippen LogP contribution in [-0.2, 0) is 6.54 Å². The normalized spacial score (nSPS) is 19.0. The summed E-state index contributed by atoms with van der Waals surface area (Å²) in [4.78, 5) is 3.75. The second kappa shape index (κ2) is 8.73. The first kappa shape index (κ1) is 18.4. The lowest BCUT2D eigenvalue weighted by molar-refractivity contribution is 0.198. The van der Waals surface area contributed by atoms with E-state index in [1.54, 1.807) is 26.0 Å². The molecule has 120 valence electrons. The Morgan fingerprint density at radius 2 is 1.95 bits per heavy atom. The first-order chi connectivity index (χ1) is 9.67. The first-order valence-electron chi connectivity index (χ1n) is 6.92. The number of benzene rings is 1. The highest BCUT2D eigenvalue weighted by atomic mass is 35.5. The summed E-state index contributed by atoms with van der Waals surface area (Å²) in [5, 5.41) is 3.48. The van der Waals surface area contributed by atoms with Gasteiger partial charge in [0.1, 0.15) is 0 Å². The minimum absolute atomic E-state index is 0. The summed E-state index contributed by atoms with van der Waals surface area (Å²) < 4.78 is 10.8. The van der Waals surface area contributed by atoms with Crippen molar-refractivity contribution in [2.75, 3.05) is 40.1 Å². The molecule has 0 unspecified atom stereocenters. The molecule has 1 fully saturated rings. The minimum atomic E-state index is 0. The van der Waals surface area contributed by atoms with Crippen LogP contribution in [0.15, 0.2) is 17.0 Å². The standard InChI is InChI=1S/C15H24N2O2S.ClH/c1-11-9-17(6-5-16-11)10-12-7-13(18-2)14(19-3)8-15(12)20-4;/h7-8,11,16H,5-6,9-10H2,1-4H3;1H/t11-;/m1./s1.